The van der Waals surface area contributed by atoms with Crippen LogP contribution in [0.1, 0.15) is 5.82 Å². The molecule has 0 bridgehead atoms. The van der Waals surface area contributed by atoms with Gasteiger partial charge in [-0.25, -0.2) is 0 Å². The van der Waals surface area contributed by atoms with Crippen molar-refractivity contribution in [2.45, 2.75) is 6.54 Å². The van der Waals surface area contributed by atoms with Gasteiger partial charge in [-0.1, -0.05) is 0 Å². The molecule has 2 aromatic rings. The van der Waals surface area contributed by atoms with Crippen molar-refractivity contribution < 1.29 is 9.47 Å². The van der Waals surface area contributed by atoms with Gasteiger partial charge in [-0.05, 0) is 19.2 Å². The van der Waals surface area contributed by atoms with Crippen LogP contribution in [0.25, 0.3) is 0 Å². The molecule has 3 N–H and O–H groups in total. The number of ether oxygens (including phenoxy) is 2. The van der Waals surface area contributed by atoms with Crippen molar-refractivity contribution in [2.24, 2.45) is 0 Å². The second-order valence-electron chi connectivity index (χ2n) is 6.20. The van der Waals surface area contributed by atoms with Crippen molar-refractivity contribution in [3.8, 4) is 11.5 Å². The SMILES string of the molecule is COc1ccc(Nc2nc(N)nc(CN3CCN(C)CC3)n2)c(OC)c1. The van der Waals surface area contributed by atoms with Crippen LogP contribution in [0.15, 0.2) is 18.2 Å². The zero-order chi connectivity index (χ0) is 18.5. The summed E-state index contributed by atoms with van der Waals surface area (Å²) in [5.74, 6) is 2.57. The molecule has 1 aliphatic heterocycles. The highest BCUT2D eigenvalue weighted by atomic mass is 16.5. The minimum Gasteiger partial charge on any atom is -0.497 e. The highest BCUT2D eigenvalue weighted by molar-refractivity contribution is 5.64. The van der Waals surface area contributed by atoms with E-state index in [-0.39, 0.29) is 5.95 Å². The highest BCUT2D eigenvalue weighted by Crippen LogP contribution is 2.30. The van der Waals surface area contributed by atoms with Crippen LogP contribution in [0.4, 0.5) is 17.6 Å². The third-order valence-electron chi connectivity index (χ3n) is 4.32. The molecule has 1 fully saturated rings. The molecule has 1 aromatic heterocycles. The lowest BCUT2D eigenvalue weighted by atomic mass is 10.2. The highest BCUT2D eigenvalue weighted by Gasteiger charge is 2.16. The Morgan fingerprint density at radius 1 is 1.08 bits per heavy atom. The Bertz CT molecular complexity index is 748. The fourth-order valence-corrected chi connectivity index (χ4v) is 2.79. The molecule has 0 aliphatic carbocycles. The van der Waals surface area contributed by atoms with Gasteiger partial charge in [0.05, 0.1) is 26.5 Å². The Morgan fingerprint density at radius 3 is 2.54 bits per heavy atom. The minimum atomic E-state index is 0.194. The zero-order valence-corrected chi connectivity index (χ0v) is 15.4. The van der Waals surface area contributed by atoms with Crippen LogP contribution in [-0.4, -0.2) is 72.2 Å². The first kappa shape index (κ1) is 18.2. The smallest absolute Gasteiger partial charge is 0.232 e. The van der Waals surface area contributed by atoms with Gasteiger partial charge in [0.2, 0.25) is 11.9 Å². The van der Waals surface area contributed by atoms with E-state index in [1.54, 1.807) is 20.3 Å². The average Bonchev–Trinajstić information content (AvgIpc) is 2.63. The number of anilines is 3. The molecule has 0 amide bonds. The molecule has 0 radical (unpaired) electrons. The number of hydrogen-bond donors (Lipinski definition) is 2. The normalized spacial score (nSPS) is 15.7. The van der Waals surface area contributed by atoms with E-state index in [1.165, 1.54) is 0 Å². The first-order chi connectivity index (χ1) is 12.6. The Balaban J connectivity index is 1.75. The van der Waals surface area contributed by atoms with Gasteiger partial charge in [0, 0.05) is 32.2 Å². The lowest BCUT2D eigenvalue weighted by Crippen LogP contribution is -2.44. The predicted molar refractivity (Wildman–Crippen MR) is 99.8 cm³/mol. The number of nitrogens with zero attached hydrogens (tertiary/aromatic N) is 5. The summed E-state index contributed by atoms with van der Waals surface area (Å²) in [6.45, 7) is 4.69. The summed E-state index contributed by atoms with van der Waals surface area (Å²) in [5.41, 5.74) is 6.60. The molecular formula is C17H25N7O2. The lowest BCUT2D eigenvalue weighted by Gasteiger charge is -2.31. The molecule has 0 saturated carbocycles. The number of nitrogens with one attached hydrogen (secondary N) is 1. The van der Waals surface area contributed by atoms with Gasteiger partial charge in [-0.15, -0.1) is 0 Å². The topological polar surface area (TPSA) is 102 Å². The number of rotatable bonds is 6. The number of likely N-dealkylation sites (N-methyl/N-ethyl adjacent to an activating group) is 1. The van der Waals surface area contributed by atoms with Gasteiger partial charge in [0.25, 0.3) is 0 Å². The number of aromatic nitrogens is 3. The van der Waals surface area contributed by atoms with E-state index in [1.807, 2.05) is 12.1 Å². The second kappa shape index (κ2) is 8.15. The maximum Gasteiger partial charge on any atom is 0.232 e. The van der Waals surface area contributed by atoms with Crippen molar-refractivity contribution in [3.05, 3.63) is 24.0 Å². The van der Waals surface area contributed by atoms with Crippen molar-refractivity contribution in [1.82, 2.24) is 24.8 Å². The Hall–Kier alpha value is -2.65. The number of hydrogen-bond acceptors (Lipinski definition) is 9. The van der Waals surface area contributed by atoms with Gasteiger partial charge in [0.1, 0.15) is 17.3 Å². The van der Waals surface area contributed by atoms with Crippen LogP contribution in [-0.2, 0) is 6.54 Å². The number of benzene rings is 1. The van der Waals surface area contributed by atoms with E-state index in [0.29, 0.717) is 29.8 Å². The van der Waals surface area contributed by atoms with Crippen molar-refractivity contribution >= 4 is 17.6 Å². The molecule has 1 aromatic carbocycles. The Morgan fingerprint density at radius 2 is 1.85 bits per heavy atom. The molecule has 9 heteroatoms. The summed E-state index contributed by atoms with van der Waals surface area (Å²) in [6.07, 6.45) is 0. The van der Waals surface area contributed by atoms with Gasteiger partial charge in [-0.2, -0.15) is 15.0 Å². The number of nitrogens with two attached hydrogens (primary N) is 1. The summed E-state index contributed by atoms with van der Waals surface area (Å²) in [6, 6.07) is 5.47. The van der Waals surface area contributed by atoms with E-state index in [4.69, 9.17) is 15.2 Å². The summed E-state index contributed by atoms with van der Waals surface area (Å²) < 4.78 is 10.6. The minimum absolute atomic E-state index is 0.194. The van der Waals surface area contributed by atoms with Crippen LogP contribution in [0, 0.1) is 0 Å². The predicted octanol–water partition coefficient (Wildman–Crippen LogP) is 0.962. The van der Waals surface area contributed by atoms with E-state index in [2.05, 4.69) is 37.1 Å². The van der Waals surface area contributed by atoms with Crippen molar-refractivity contribution in [3.63, 3.8) is 0 Å². The fourth-order valence-electron chi connectivity index (χ4n) is 2.79. The molecule has 0 spiro atoms. The molecule has 1 saturated heterocycles. The van der Waals surface area contributed by atoms with Gasteiger partial charge in [0.15, 0.2) is 0 Å². The second-order valence-corrected chi connectivity index (χ2v) is 6.20. The molecule has 0 unspecified atom stereocenters. The quantitative estimate of drug-likeness (QED) is 0.781. The number of nitrogen functional groups attached to an aromatic ring is 1. The summed E-state index contributed by atoms with van der Waals surface area (Å²) in [5, 5.41) is 3.15. The zero-order valence-electron chi connectivity index (χ0n) is 15.4. The van der Waals surface area contributed by atoms with Crippen LogP contribution < -0.4 is 20.5 Å². The average molecular weight is 359 g/mol. The lowest BCUT2D eigenvalue weighted by molar-refractivity contribution is 0.145. The number of methoxy groups -OCH3 is 2. The standard InChI is InChI=1S/C17H25N7O2/c1-23-6-8-24(9-7-23)11-15-20-16(18)22-17(21-15)19-13-5-4-12(25-2)10-14(13)26-3/h4-5,10H,6-9,11H2,1-3H3,(H3,18,19,20,21,22). The molecule has 0 atom stereocenters. The molecule has 3 rings (SSSR count). The molecule has 140 valence electrons. The van der Waals surface area contributed by atoms with E-state index < -0.39 is 0 Å². The van der Waals surface area contributed by atoms with E-state index in [0.717, 1.165) is 31.9 Å². The van der Waals surface area contributed by atoms with Crippen molar-refractivity contribution in [2.75, 3.05) is 58.5 Å². The Kier molecular flexibility index (Phi) is 5.69. The fraction of sp³-hybridized carbons (Fsp3) is 0.471. The molecule has 26 heavy (non-hydrogen) atoms. The largest absolute Gasteiger partial charge is 0.497 e. The third-order valence-corrected chi connectivity index (χ3v) is 4.32. The van der Waals surface area contributed by atoms with Crippen LogP contribution in [0.5, 0.6) is 11.5 Å². The summed E-state index contributed by atoms with van der Waals surface area (Å²) >= 11 is 0. The van der Waals surface area contributed by atoms with Gasteiger partial charge < -0.3 is 25.4 Å². The van der Waals surface area contributed by atoms with Crippen LogP contribution >= 0.6 is 0 Å². The Labute approximate surface area is 153 Å². The maximum atomic E-state index is 5.88. The molecule has 2 heterocycles. The summed E-state index contributed by atoms with van der Waals surface area (Å²) in [7, 11) is 5.34. The van der Waals surface area contributed by atoms with Crippen molar-refractivity contribution in [1.29, 1.82) is 0 Å². The first-order valence-corrected chi connectivity index (χ1v) is 8.48. The van der Waals surface area contributed by atoms with Crippen LogP contribution in [0.2, 0.25) is 0 Å². The molecular weight excluding hydrogens is 334 g/mol. The number of piperazine rings is 1. The monoisotopic (exact) mass is 359 g/mol. The van der Waals surface area contributed by atoms with E-state index in [9.17, 15) is 0 Å². The van der Waals surface area contributed by atoms with E-state index >= 15 is 0 Å². The van der Waals surface area contributed by atoms with Gasteiger partial charge >= 0.3 is 0 Å². The third kappa shape index (κ3) is 4.50. The maximum absolute atomic E-state index is 5.88. The summed E-state index contributed by atoms with van der Waals surface area (Å²) in [4.78, 5) is 17.6. The van der Waals surface area contributed by atoms with Crippen LogP contribution in [0.3, 0.4) is 0 Å². The van der Waals surface area contributed by atoms with Gasteiger partial charge in [-0.3, -0.25) is 4.90 Å². The molecule has 9 nitrogen and oxygen atoms in total. The first-order valence-electron chi connectivity index (χ1n) is 8.48. The molecule has 1 aliphatic rings.